The SMILES string of the molecule is COc1ccccc1-c1cc2c(cc1-c1ccccc1OC)CNCC2.Cl. The van der Waals surface area contributed by atoms with Crippen LogP contribution in [0, 0.1) is 0 Å². The minimum absolute atomic E-state index is 0. The van der Waals surface area contributed by atoms with E-state index in [-0.39, 0.29) is 12.4 Å². The molecule has 0 aromatic heterocycles. The van der Waals surface area contributed by atoms with Crippen LogP contribution in [0.4, 0.5) is 0 Å². The van der Waals surface area contributed by atoms with Gasteiger partial charge in [-0.15, -0.1) is 12.4 Å². The van der Waals surface area contributed by atoms with E-state index in [1.165, 1.54) is 22.3 Å². The minimum Gasteiger partial charge on any atom is -0.496 e. The van der Waals surface area contributed by atoms with E-state index in [1.807, 2.05) is 24.3 Å². The van der Waals surface area contributed by atoms with Crippen LogP contribution in [0.1, 0.15) is 11.1 Å². The highest BCUT2D eigenvalue weighted by molar-refractivity contribution is 5.89. The Bertz CT molecular complexity index is 863. The summed E-state index contributed by atoms with van der Waals surface area (Å²) in [5, 5.41) is 3.47. The summed E-state index contributed by atoms with van der Waals surface area (Å²) in [6.45, 7) is 1.93. The first-order valence-electron chi connectivity index (χ1n) is 8.95. The van der Waals surface area contributed by atoms with E-state index in [2.05, 4.69) is 41.7 Å². The topological polar surface area (TPSA) is 30.5 Å². The molecule has 0 saturated carbocycles. The number of methoxy groups -OCH3 is 2. The van der Waals surface area contributed by atoms with Gasteiger partial charge in [0.1, 0.15) is 11.5 Å². The zero-order valence-electron chi connectivity index (χ0n) is 15.6. The number of hydrogen-bond acceptors (Lipinski definition) is 3. The Kier molecular flexibility index (Phi) is 6.04. The van der Waals surface area contributed by atoms with Gasteiger partial charge < -0.3 is 14.8 Å². The van der Waals surface area contributed by atoms with Crippen LogP contribution in [0.5, 0.6) is 11.5 Å². The average Bonchev–Trinajstić information content (AvgIpc) is 2.72. The van der Waals surface area contributed by atoms with Crippen molar-refractivity contribution in [3.05, 3.63) is 71.8 Å². The Hall–Kier alpha value is -2.49. The molecule has 0 amide bonds. The van der Waals surface area contributed by atoms with Crippen LogP contribution in [0.2, 0.25) is 0 Å². The molecule has 0 aliphatic carbocycles. The van der Waals surface area contributed by atoms with E-state index in [0.717, 1.165) is 42.1 Å². The fourth-order valence-corrected chi connectivity index (χ4v) is 3.71. The molecule has 0 fully saturated rings. The normalized spacial score (nSPS) is 12.7. The smallest absolute Gasteiger partial charge is 0.126 e. The van der Waals surface area contributed by atoms with Gasteiger partial charge in [0.2, 0.25) is 0 Å². The van der Waals surface area contributed by atoms with E-state index in [0.29, 0.717) is 0 Å². The molecule has 3 nitrogen and oxygen atoms in total. The van der Waals surface area contributed by atoms with Crippen molar-refractivity contribution in [3.63, 3.8) is 0 Å². The molecule has 0 radical (unpaired) electrons. The Labute approximate surface area is 166 Å². The Morgan fingerprint density at radius 3 is 1.78 bits per heavy atom. The zero-order valence-corrected chi connectivity index (χ0v) is 16.4. The second-order valence-corrected chi connectivity index (χ2v) is 6.49. The number of ether oxygens (including phenoxy) is 2. The summed E-state index contributed by atoms with van der Waals surface area (Å²) < 4.78 is 11.3. The summed E-state index contributed by atoms with van der Waals surface area (Å²) in [7, 11) is 3.45. The molecule has 3 aromatic carbocycles. The predicted molar refractivity (Wildman–Crippen MR) is 113 cm³/mol. The monoisotopic (exact) mass is 381 g/mol. The van der Waals surface area contributed by atoms with Crippen molar-refractivity contribution < 1.29 is 9.47 Å². The van der Waals surface area contributed by atoms with E-state index in [1.54, 1.807) is 14.2 Å². The van der Waals surface area contributed by atoms with Crippen LogP contribution >= 0.6 is 12.4 Å². The summed E-state index contributed by atoms with van der Waals surface area (Å²) in [6, 6.07) is 21.0. The molecule has 4 heteroatoms. The summed E-state index contributed by atoms with van der Waals surface area (Å²) in [5.41, 5.74) is 7.34. The Morgan fingerprint density at radius 1 is 0.704 bits per heavy atom. The van der Waals surface area contributed by atoms with Gasteiger partial charge in [0.15, 0.2) is 0 Å². The van der Waals surface area contributed by atoms with Gasteiger partial charge in [0.05, 0.1) is 14.2 Å². The first kappa shape index (κ1) is 19.3. The number of benzene rings is 3. The molecule has 4 rings (SSSR count). The lowest BCUT2D eigenvalue weighted by atomic mass is 9.87. The molecular formula is C23H24ClNO2. The number of fused-ring (bicyclic) bond motifs is 1. The molecule has 0 spiro atoms. The first-order valence-corrected chi connectivity index (χ1v) is 8.95. The quantitative estimate of drug-likeness (QED) is 0.681. The molecule has 1 aliphatic rings. The highest BCUT2D eigenvalue weighted by Crippen LogP contribution is 2.42. The Morgan fingerprint density at radius 2 is 1.22 bits per heavy atom. The fraction of sp³-hybridized carbons (Fsp3) is 0.217. The number of hydrogen-bond donors (Lipinski definition) is 1. The van der Waals surface area contributed by atoms with Gasteiger partial charge in [-0.3, -0.25) is 0 Å². The highest BCUT2D eigenvalue weighted by atomic mass is 35.5. The van der Waals surface area contributed by atoms with Crippen LogP contribution in [-0.2, 0) is 13.0 Å². The van der Waals surface area contributed by atoms with E-state index >= 15 is 0 Å². The molecule has 1 aliphatic heterocycles. The second-order valence-electron chi connectivity index (χ2n) is 6.49. The predicted octanol–water partition coefficient (Wildman–Crippen LogP) is 5.11. The van der Waals surface area contributed by atoms with Gasteiger partial charge in [0, 0.05) is 17.7 Å². The number of para-hydroxylation sites is 2. The third kappa shape index (κ3) is 3.66. The first-order chi connectivity index (χ1) is 12.8. The van der Waals surface area contributed by atoms with Gasteiger partial charge in [-0.2, -0.15) is 0 Å². The molecule has 0 bridgehead atoms. The van der Waals surface area contributed by atoms with E-state index in [9.17, 15) is 0 Å². The van der Waals surface area contributed by atoms with Crippen LogP contribution in [0.3, 0.4) is 0 Å². The van der Waals surface area contributed by atoms with Crippen LogP contribution in [0.25, 0.3) is 22.3 Å². The maximum atomic E-state index is 5.65. The van der Waals surface area contributed by atoms with Crippen molar-refractivity contribution in [2.24, 2.45) is 0 Å². The summed E-state index contributed by atoms with van der Waals surface area (Å²) in [5.74, 6) is 1.77. The molecule has 0 saturated heterocycles. The third-order valence-electron chi connectivity index (χ3n) is 5.02. The van der Waals surface area contributed by atoms with Gasteiger partial charge >= 0.3 is 0 Å². The van der Waals surface area contributed by atoms with Crippen molar-refractivity contribution in [3.8, 4) is 33.8 Å². The van der Waals surface area contributed by atoms with Crippen molar-refractivity contribution in [2.75, 3.05) is 20.8 Å². The van der Waals surface area contributed by atoms with Crippen LogP contribution < -0.4 is 14.8 Å². The molecule has 27 heavy (non-hydrogen) atoms. The third-order valence-corrected chi connectivity index (χ3v) is 5.02. The molecule has 0 atom stereocenters. The second kappa shape index (κ2) is 8.47. The van der Waals surface area contributed by atoms with Crippen molar-refractivity contribution >= 4 is 12.4 Å². The van der Waals surface area contributed by atoms with Crippen LogP contribution in [-0.4, -0.2) is 20.8 Å². The highest BCUT2D eigenvalue weighted by Gasteiger charge is 2.19. The van der Waals surface area contributed by atoms with Crippen molar-refractivity contribution in [1.29, 1.82) is 0 Å². The lowest BCUT2D eigenvalue weighted by Crippen LogP contribution is -2.23. The molecule has 3 aromatic rings. The van der Waals surface area contributed by atoms with Gasteiger partial charge in [-0.25, -0.2) is 0 Å². The van der Waals surface area contributed by atoms with Gasteiger partial charge in [-0.1, -0.05) is 42.5 Å². The van der Waals surface area contributed by atoms with E-state index < -0.39 is 0 Å². The van der Waals surface area contributed by atoms with E-state index in [4.69, 9.17) is 9.47 Å². The standard InChI is InChI=1S/C23H23NO2.ClH/c1-25-22-9-5-3-7-18(22)20-13-16-11-12-24-15-17(16)14-21(20)19-8-4-6-10-23(19)26-2;/h3-10,13-14,24H,11-12,15H2,1-2H3;1H. The fourth-order valence-electron chi connectivity index (χ4n) is 3.71. The van der Waals surface area contributed by atoms with Gasteiger partial charge in [0.25, 0.3) is 0 Å². The van der Waals surface area contributed by atoms with Crippen molar-refractivity contribution in [1.82, 2.24) is 5.32 Å². The molecule has 140 valence electrons. The number of nitrogens with one attached hydrogen (secondary N) is 1. The maximum absolute atomic E-state index is 5.65. The summed E-state index contributed by atoms with van der Waals surface area (Å²) >= 11 is 0. The summed E-state index contributed by atoms with van der Waals surface area (Å²) in [4.78, 5) is 0. The average molecular weight is 382 g/mol. The largest absolute Gasteiger partial charge is 0.496 e. The van der Waals surface area contributed by atoms with Crippen molar-refractivity contribution in [2.45, 2.75) is 13.0 Å². The molecular weight excluding hydrogens is 358 g/mol. The molecule has 1 N–H and O–H groups in total. The number of halogens is 1. The minimum atomic E-state index is 0. The van der Waals surface area contributed by atoms with Gasteiger partial charge in [-0.05, 0) is 53.4 Å². The lowest BCUT2D eigenvalue weighted by molar-refractivity contribution is 0.416. The summed E-state index contributed by atoms with van der Waals surface area (Å²) in [6.07, 6.45) is 1.05. The Balaban J connectivity index is 0.00000210. The lowest BCUT2D eigenvalue weighted by Gasteiger charge is -2.22. The molecule has 1 heterocycles. The molecule has 0 unspecified atom stereocenters. The number of rotatable bonds is 4. The zero-order chi connectivity index (χ0) is 17.9. The van der Waals surface area contributed by atoms with Crippen LogP contribution in [0.15, 0.2) is 60.7 Å². The maximum Gasteiger partial charge on any atom is 0.126 e.